The molecule has 1 aliphatic rings. The van der Waals surface area contributed by atoms with Crippen LogP contribution < -0.4 is 0 Å². The van der Waals surface area contributed by atoms with Crippen molar-refractivity contribution >= 4 is 11.9 Å². The number of benzene rings is 1. The molecule has 1 nitrogen and oxygen atoms in total. The third kappa shape index (κ3) is 2.37. The van der Waals surface area contributed by atoms with Crippen LogP contribution in [0.25, 0.3) is 6.08 Å². The summed E-state index contributed by atoms with van der Waals surface area (Å²) in [5.41, 5.74) is 2.01. The van der Waals surface area contributed by atoms with Crippen molar-refractivity contribution < 1.29 is 4.79 Å². The third-order valence-electron chi connectivity index (χ3n) is 2.68. The van der Waals surface area contributed by atoms with Crippen LogP contribution in [0, 0.1) is 5.92 Å². The molecule has 0 bridgehead atoms. The van der Waals surface area contributed by atoms with Gasteiger partial charge in [0, 0.05) is 11.5 Å². The Hall–Kier alpha value is -1.89. The third-order valence-corrected chi connectivity index (χ3v) is 2.68. The normalized spacial score (nSPS) is 22.4. The Morgan fingerprint density at radius 3 is 2.56 bits per heavy atom. The fourth-order valence-corrected chi connectivity index (χ4v) is 1.72. The van der Waals surface area contributed by atoms with Crippen molar-refractivity contribution in [1.29, 1.82) is 0 Å². The number of carbonyl (C=O) groups excluding carboxylic acids is 1. The monoisotopic (exact) mass is 210 g/mol. The molecule has 1 aromatic rings. The molecule has 0 aromatic heterocycles. The fraction of sp³-hybridized carbons (Fsp3) is 0.133. The van der Waals surface area contributed by atoms with E-state index in [-0.39, 0.29) is 11.7 Å². The van der Waals surface area contributed by atoms with Crippen LogP contribution in [0.5, 0.6) is 0 Å². The van der Waals surface area contributed by atoms with Crippen LogP contribution in [-0.2, 0) is 4.79 Å². The van der Waals surface area contributed by atoms with E-state index in [4.69, 9.17) is 0 Å². The predicted octanol–water partition coefficient (Wildman–Crippen LogP) is 3.40. The molecule has 0 saturated heterocycles. The van der Waals surface area contributed by atoms with Gasteiger partial charge in [-0.1, -0.05) is 61.6 Å². The summed E-state index contributed by atoms with van der Waals surface area (Å²) in [6, 6.07) is 10.1. The van der Waals surface area contributed by atoms with Crippen LogP contribution in [0.3, 0.4) is 0 Å². The minimum absolute atomic E-state index is 0.130. The maximum Gasteiger partial charge on any atom is 0.182 e. The van der Waals surface area contributed by atoms with E-state index in [1.807, 2.05) is 61.6 Å². The first-order chi connectivity index (χ1) is 7.77. The molecule has 1 heteroatoms. The molecular formula is C15H14O. The first kappa shape index (κ1) is 10.6. The summed E-state index contributed by atoms with van der Waals surface area (Å²) in [7, 11) is 0. The second kappa shape index (κ2) is 4.75. The standard InChI is InChI=1S/C15H14O/c1-12-10-11-15(16)14(12)9-5-8-13-6-3-2-4-7-13/h2-12H,1H3/b8-5+,14-9+/t12-/m0/s1. The van der Waals surface area contributed by atoms with E-state index in [1.165, 1.54) is 0 Å². The molecule has 1 aromatic carbocycles. The lowest BCUT2D eigenvalue weighted by Crippen LogP contribution is -1.97. The van der Waals surface area contributed by atoms with Gasteiger partial charge in [0.25, 0.3) is 0 Å². The lowest BCUT2D eigenvalue weighted by Gasteiger charge is -1.99. The van der Waals surface area contributed by atoms with E-state index in [9.17, 15) is 4.79 Å². The molecular weight excluding hydrogens is 196 g/mol. The minimum Gasteiger partial charge on any atom is -0.290 e. The smallest absolute Gasteiger partial charge is 0.182 e. The molecule has 1 atom stereocenters. The Balaban J connectivity index is 2.10. The predicted molar refractivity (Wildman–Crippen MR) is 66.9 cm³/mol. The van der Waals surface area contributed by atoms with E-state index in [0.717, 1.165) is 11.1 Å². The fourth-order valence-electron chi connectivity index (χ4n) is 1.72. The molecule has 0 radical (unpaired) electrons. The summed E-state index contributed by atoms with van der Waals surface area (Å²) in [6.45, 7) is 2.03. The second-order valence-electron chi connectivity index (χ2n) is 3.90. The molecule has 0 aliphatic heterocycles. The number of rotatable bonds is 2. The molecule has 0 heterocycles. The Morgan fingerprint density at radius 2 is 1.94 bits per heavy atom. The van der Waals surface area contributed by atoms with Gasteiger partial charge in [-0.05, 0) is 11.6 Å². The van der Waals surface area contributed by atoms with E-state index in [2.05, 4.69) is 0 Å². The Morgan fingerprint density at radius 1 is 1.19 bits per heavy atom. The Bertz CT molecular complexity index is 463. The topological polar surface area (TPSA) is 17.1 Å². The van der Waals surface area contributed by atoms with Crippen molar-refractivity contribution in [2.24, 2.45) is 5.92 Å². The zero-order valence-electron chi connectivity index (χ0n) is 9.26. The van der Waals surface area contributed by atoms with E-state index in [1.54, 1.807) is 6.08 Å². The highest BCUT2D eigenvalue weighted by atomic mass is 16.1. The number of carbonyl (C=O) groups is 1. The van der Waals surface area contributed by atoms with Crippen molar-refractivity contribution in [3.05, 3.63) is 65.8 Å². The summed E-state index contributed by atoms with van der Waals surface area (Å²) in [5.74, 6) is 0.373. The van der Waals surface area contributed by atoms with Crippen LogP contribution in [0.4, 0.5) is 0 Å². The van der Waals surface area contributed by atoms with Gasteiger partial charge in [-0.2, -0.15) is 0 Å². The first-order valence-corrected chi connectivity index (χ1v) is 5.43. The molecule has 0 amide bonds. The van der Waals surface area contributed by atoms with Gasteiger partial charge in [-0.25, -0.2) is 0 Å². The average Bonchev–Trinajstić information content (AvgIpc) is 2.62. The van der Waals surface area contributed by atoms with Gasteiger partial charge in [0.15, 0.2) is 5.78 Å². The average molecular weight is 210 g/mol. The van der Waals surface area contributed by atoms with E-state index in [0.29, 0.717) is 0 Å². The van der Waals surface area contributed by atoms with Gasteiger partial charge in [0.1, 0.15) is 0 Å². The first-order valence-electron chi connectivity index (χ1n) is 5.43. The molecule has 0 unspecified atom stereocenters. The van der Waals surface area contributed by atoms with Gasteiger partial charge in [0.05, 0.1) is 0 Å². The molecule has 16 heavy (non-hydrogen) atoms. The minimum atomic E-state index is 0.130. The van der Waals surface area contributed by atoms with Gasteiger partial charge in [-0.3, -0.25) is 4.79 Å². The summed E-state index contributed by atoms with van der Waals surface area (Å²) in [6.07, 6.45) is 9.43. The van der Waals surface area contributed by atoms with Crippen LogP contribution >= 0.6 is 0 Å². The van der Waals surface area contributed by atoms with Crippen molar-refractivity contribution in [1.82, 2.24) is 0 Å². The van der Waals surface area contributed by atoms with Gasteiger partial charge >= 0.3 is 0 Å². The summed E-state index contributed by atoms with van der Waals surface area (Å²) < 4.78 is 0. The van der Waals surface area contributed by atoms with Gasteiger partial charge in [0.2, 0.25) is 0 Å². The highest BCUT2D eigenvalue weighted by molar-refractivity contribution is 6.07. The molecule has 2 rings (SSSR count). The summed E-state index contributed by atoms with van der Waals surface area (Å²) >= 11 is 0. The zero-order valence-corrected chi connectivity index (χ0v) is 9.26. The Labute approximate surface area is 95.8 Å². The van der Waals surface area contributed by atoms with Crippen LogP contribution in [0.15, 0.2) is 60.2 Å². The lowest BCUT2D eigenvalue weighted by atomic mass is 10.0. The molecule has 0 fully saturated rings. The SMILES string of the molecule is C[C@H]1C=CC(=O)/C1=C/C=C/c1ccccc1. The molecule has 0 N–H and O–H groups in total. The van der Waals surface area contributed by atoms with Gasteiger partial charge < -0.3 is 0 Å². The van der Waals surface area contributed by atoms with Gasteiger partial charge in [-0.15, -0.1) is 0 Å². The summed E-state index contributed by atoms with van der Waals surface area (Å²) in [5, 5.41) is 0. The largest absolute Gasteiger partial charge is 0.290 e. The Kier molecular flexibility index (Phi) is 3.16. The van der Waals surface area contributed by atoms with Crippen molar-refractivity contribution in [3.63, 3.8) is 0 Å². The maximum atomic E-state index is 11.4. The number of allylic oxidation sites excluding steroid dienone is 5. The van der Waals surface area contributed by atoms with Crippen LogP contribution in [-0.4, -0.2) is 5.78 Å². The second-order valence-corrected chi connectivity index (χ2v) is 3.90. The van der Waals surface area contributed by atoms with Crippen molar-refractivity contribution in [2.45, 2.75) is 6.92 Å². The van der Waals surface area contributed by atoms with Crippen molar-refractivity contribution in [3.8, 4) is 0 Å². The number of hydrogen-bond acceptors (Lipinski definition) is 1. The van der Waals surface area contributed by atoms with E-state index < -0.39 is 0 Å². The molecule has 0 saturated carbocycles. The van der Waals surface area contributed by atoms with Crippen LogP contribution in [0.1, 0.15) is 12.5 Å². The number of hydrogen-bond donors (Lipinski definition) is 0. The van der Waals surface area contributed by atoms with Crippen molar-refractivity contribution in [2.75, 3.05) is 0 Å². The molecule has 80 valence electrons. The molecule has 0 spiro atoms. The molecule has 1 aliphatic carbocycles. The highest BCUT2D eigenvalue weighted by Gasteiger charge is 2.17. The maximum absolute atomic E-state index is 11.4. The summed E-state index contributed by atoms with van der Waals surface area (Å²) in [4.78, 5) is 11.4. The lowest BCUT2D eigenvalue weighted by molar-refractivity contribution is -0.111. The van der Waals surface area contributed by atoms with E-state index >= 15 is 0 Å². The quantitative estimate of drug-likeness (QED) is 0.684. The zero-order chi connectivity index (χ0) is 11.4. The number of ketones is 1. The highest BCUT2D eigenvalue weighted by Crippen LogP contribution is 2.20. The van der Waals surface area contributed by atoms with Crippen LogP contribution in [0.2, 0.25) is 0 Å².